The molecule has 0 amide bonds. The van der Waals surface area contributed by atoms with Gasteiger partial charge in [-0.15, -0.1) is 0 Å². The largest absolute Gasteiger partial charge is 0.328 e. The quantitative estimate of drug-likeness (QED) is 0.444. The topological polar surface area (TPSA) is 80.4 Å². The van der Waals surface area contributed by atoms with Crippen molar-refractivity contribution in [3.8, 4) is 0 Å². The molecule has 0 heterocycles. The normalized spacial score (nSPS) is 13.8. The summed E-state index contributed by atoms with van der Waals surface area (Å²) in [5.74, 6) is -0.218. The van der Waals surface area contributed by atoms with Gasteiger partial charge in [-0.3, -0.25) is 4.55 Å². The van der Waals surface area contributed by atoms with E-state index in [1.54, 1.807) is 0 Å². The van der Waals surface area contributed by atoms with Crippen LogP contribution in [-0.2, 0) is 10.1 Å². The van der Waals surface area contributed by atoms with Gasteiger partial charge in [-0.05, 0) is 12.8 Å². The van der Waals surface area contributed by atoms with Crippen molar-refractivity contribution >= 4 is 10.1 Å². The van der Waals surface area contributed by atoms with E-state index in [0.29, 0.717) is 6.42 Å². The number of nitrogens with two attached hydrogens (primary N) is 1. The molecule has 4 nitrogen and oxygen atoms in total. The molecule has 17 heavy (non-hydrogen) atoms. The maximum atomic E-state index is 10.5. The third kappa shape index (κ3) is 13.8. The van der Waals surface area contributed by atoms with Crippen LogP contribution in [0.15, 0.2) is 0 Å². The monoisotopic (exact) mass is 265 g/mol. The highest BCUT2D eigenvalue weighted by Gasteiger charge is 2.09. The molecule has 0 fully saturated rings. The summed E-state index contributed by atoms with van der Waals surface area (Å²) in [4.78, 5) is 0. The Morgan fingerprint density at radius 2 is 1.53 bits per heavy atom. The first-order chi connectivity index (χ1) is 7.95. The van der Waals surface area contributed by atoms with Crippen molar-refractivity contribution in [2.45, 2.75) is 70.8 Å². The molecule has 104 valence electrons. The van der Waals surface area contributed by atoms with Crippen molar-refractivity contribution in [2.24, 2.45) is 5.73 Å². The second-order valence-electron chi connectivity index (χ2n) is 4.74. The second-order valence-corrected chi connectivity index (χ2v) is 6.32. The van der Waals surface area contributed by atoms with E-state index in [1.807, 2.05) is 0 Å². The fourth-order valence-corrected chi connectivity index (χ4v) is 2.41. The molecule has 0 aliphatic carbocycles. The first-order valence-corrected chi connectivity index (χ1v) is 8.27. The van der Waals surface area contributed by atoms with Gasteiger partial charge in [0.05, 0.1) is 5.75 Å². The molecule has 0 aromatic carbocycles. The summed E-state index contributed by atoms with van der Waals surface area (Å²) in [5, 5.41) is 0. The Balaban J connectivity index is 3.30. The predicted octanol–water partition coefficient (Wildman–Crippen LogP) is 2.73. The van der Waals surface area contributed by atoms with Crippen LogP contribution < -0.4 is 5.73 Å². The van der Waals surface area contributed by atoms with Crippen LogP contribution in [0.2, 0.25) is 0 Å². The van der Waals surface area contributed by atoms with E-state index in [-0.39, 0.29) is 11.8 Å². The van der Waals surface area contributed by atoms with Gasteiger partial charge in [0.15, 0.2) is 0 Å². The lowest BCUT2D eigenvalue weighted by molar-refractivity contribution is 0.470. The molecule has 1 atom stereocenters. The summed E-state index contributed by atoms with van der Waals surface area (Å²) in [7, 11) is -3.84. The van der Waals surface area contributed by atoms with Gasteiger partial charge in [-0.1, -0.05) is 51.9 Å². The molecule has 0 spiro atoms. The molecule has 0 saturated carbocycles. The fourth-order valence-electron chi connectivity index (χ4n) is 1.81. The van der Waals surface area contributed by atoms with Crippen LogP contribution in [0.25, 0.3) is 0 Å². The van der Waals surface area contributed by atoms with E-state index < -0.39 is 10.1 Å². The molecule has 0 bridgehead atoms. The zero-order valence-electron chi connectivity index (χ0n) is 10.9. The van der Waals surface area contributed by atoms with Crippen LogP contribution in [0.3, 0.4) is 0 Å². The maximum absolute atomic E-state index is 10.5. The Bertz CT molecular complexity index is 265. The SMILES string of the molecule is CCCCCCCCCC(N)CCS(=O)(=O)O. The van der Waals surface area contributed by atoms with E-state index in [9.17, 15) is 8.42 Å². The van der Waals surface area contributed by atoms with Crippen LogP contribution in [0.4, 0.5) is 0 Å². The molecule has 0 rings (SSSR count). The van der Waals surface area contributed by atoms with Crippen LogP contribution in [0.5, 0.6) is 0 Å². The summed E-state index contributed by atoms with van der Waals surface area (Å²) < 4.78 is 29.6. The first-order valence-electron chi connectivity index (χ1n) is 6.66. The molecule has 0 aliphatic rings. The Kier molecular flexibility index (Phi) is 9.78. The minimum atomic E-state index is -3.84. The molecule has 0 aliphatic heterocycles. The summed E-state index contributed by atoms with van der Waals surface area (Å²) in [6, 6.07) is -0.104. The van der Waals surface area contributed by atoms with Gasteiger partial charge < -0.3 is 5.73 Å². The summed E-state index contributed by atoms with van der Waals surface area (Å²) in [5.41, 5.74) is 5.77. The average molecular weight is 265 g/mol. The van der Waals surface area contributed by atoms with E-state index in [4.69, 9.17) is 10.3 Å². The van der Waals surface area contributed by atoms with Gasteiger partial charge in [0.1, 0.15) is 0 Å². The summed E-state index contributed by atoms with van der Waals surface area (Å²) >= 11 is 0. The van der Waals surface area contributed by atoms with Crippen molar-refractivity contribution in [3.63, 3.8) is 0 Å². The minimum Gasteiger partial charge on any atom is -0.328 e. The van der Waals surface area contributed by atoms with Crippen LogP contribution in [0, 0.1) is 0 Å². The molecule has 1 unspecified atom stereocenters. The lowest BCUT2D eigenvalue weighted by Gasteiger charge is -2.09. The third-order valence-corrected chi connectivity index (χ3v) is 3.68. The average Bonchev–Trinajstić information content (AvgIpc) is 2.24. The molecule has 0 aromatic heterocycles. The Morgan fingerprint density at radius 1 is 1.00 bits per heavy atom. The highest BCUT2D eigenvalue weighted by molar-refractivity contribution is 7.85. The molecule has 0 aromatic rings. The fraction of sp³-hybridized carbons (Fsp3) is 1.00. The smallest absolute Gasteiger partial charge is 0.264 e. The number of unbranched alkanes of at least 4 members (excludes halogenated alkanes) is 6. The van der Waals surface area contributed by atoms with Gasteiger partial charge in [-0.25, -0.2) is 0 Å². The Labute approximate surface area is 106 Å². The van der Waals surface area contributed by atoms with Crippen LogP contribution >= 0.6 is 0 Å². The number of hydrogen-bond donors (Lipinski definition) is 2. The van der Waals surface area contributed by atoms with E-state index >= 15 is 0 Å². The van der Waals surface area contributed by atoms with Gasteiger partial charge in [-0.2, -0.15) is 8.42 Å². The summed E-state index contributed by atoms with van der Waals surface area (Å²) in [6.07, 6.45) is 9.85. The van der Waals surface area contributed by atoms with Crippen molar-refractivity contribution in [1.29, 1.82) is 0 Å². The summed E-state index contributed by atoms with van der Waals surface area (Å²) in [6.45, 7) is 2.20. The highest BCUT2D eigenvalue weighted by atomic mass is 32.2. The molecular weight excluding hydrogens is 238 g/mol. The number of rotatable bonds is 11. The minimum absolute atomic E-state index is 0.104. The van der Waals surface area contributed by atoms with Gasteiger partial charge in [0, 0.05) is 6.04 Å². The second kappa shape index (κ2) is 9.85. The molecule has 3 N–H and O–H groups in total. The number of hydrogen-bond acceptors (Lipinski definition) is 3. The van der Waals surface area contributed by atoms with Gasteiger partial charge >= 0.3 is 0 Å². The zero-order chi connectivity index (χ0) is 13.1. The van der Waals surface area contributed by atoms with Crippen molar-refractivity contribution in [2.75, 3.05) is 5.75 Å². The first kappa shape index (κ1) is 16.9. The van der Waals surface area contributed by atoms with Gasteiger partial charge in [0.25, 0.3) is 10.1 Å². The molecular formula is C12H27NO3S. The van der Waals surface area contributed by atoms with E-state index in [1.165, 1.54) is 38.5 Å². The van der Waals surface area contributed by atoms with Crippen LogP contribution in [-0.4, -0.2) is 24.8 Å². The highest BCUT2D eigenvalue weighted by Crippen LogP contribution is 2.10. The molecule has 5 heteroatoms. The standard InChI is InChI=1S/C12H27NO3S/c1-2-3-4-5-6-7-8-9-12(13)10-11-17(14,15)16/h12H,2-11,13H2,1H3,(H,14,15,16). The lowest BCUT2D eigenvalue weighted by atomic mass is 10.0. The maximum Gasteiger partial charge on any atom is 0.264 e. The van der Waals surface area contributed by atoms with Crippen molar-refractivity contribution in [1.82, 2.24) is 0 Å². The van der Waals surface area contributed by atoms with Crippen molar-refractivity contribution in [3.05, 3.63) is 0 Å². The Hall–Kier alpha value is -0.130. The predicted molar refractivity (Wildman–Crippen MR) is 71.6 cm³/mol. The van der Waals surface area contributed by atoms with Crippen LogP contribution in [0.1, 0.15) is 64.7 Å². The van der Waals surface area contributed by atoms with E-state index in [0.717, 1.165) is 12.8 Å². The van der Waals surface area contributed by atoms with Crippen molar-refractivity contribution < 1.29 is 13.0 Å². The lowest BCUT2D eigenvalue weighted by Crippen LogP contribution is -2.23. The Morgan fingerprint density at radius 3 is 2.06 bits per heavy atom. The zero-order valence-corrected chi connectivity index (χ0v) is 11.7. The van der Waals surface area contributed by atoms with Gasteiger partial charge in [0.2, 0.25) is 0 Å². The van der Waals surface area contributed by atoms with E-state index in [2.05, 4.69) is 6.92 Å². The molecule has 0 saturated heterocycles. The third-order valence-electron chi connectivity index (χ3n) is 2.93. The molecule has 0 radical (unpaired) electrons.